The molecule has 0 radical (unpaired) electrons. The van der Waals surface area contributed by atoms with Gasteiger partial charge in [-0.25, -0.2) is 4.79 Å². The summed E-state index contributed by atoms with van der Waals surface area (Å²) in [5, 5.41) is 46.7. The van der Waals surface area contributed by atoms with Crippen LogP contribution in [0.1, 0.15) is 39.0 Å². The lowest BCUT2D eigenvalue weighted by Gasteiger charge is -2.37. The Morgan fingerprint density at radius 1 is 0.944 bits per heavy atom. The van der Waals surface area contributed by atoms with Gasteiger partial charge in [0.2, 0.25) is 0 Å². The quantitative estimate of drug-likeness (QED) is 0.0968. The molecule has 15 heteroatoms. The minimum Gasteiger partial charge on any atom is -0.480 e. The van der Waals surface area contributed by atoms with Crippen molar-refractivity contribution in [1.29, 1.82) is 0 Å². The molecule has 15 nitrogen and oxygen atoms in total. The van der Waals surface area contributed by atoms with Gasteiger partial charge in [0.1, 0.15) is 12.1 Å². The lowest BCUT2D eigenvalue weighted by atomic mass is 10.1. The maximum Gasteiger partial charge on any atom is 0.507 e. The maximum absolute atomic E-state index is 12.1. The smallest absolute Gasteiger partial charge is 0.480 e. The van der Waals surface area contributed by atoms with Gasteiger partial charge in [0, 0.05) is 32.1 Å². The van der Waals surface area contributed by atoms with Crippen LogP contribution >= 0.6 is 0 Å². The third-order valence-corrected chi connectivity index (χ3v) is 6.09. The van der Waals surface area contributed by atoms with E-state index in [9.17, 15) is 39.3 Å². The van der Waals surface area contributed by atoms with Crippen LogP contribution in [0.5, 0.6) is 0 Å². The van der Waals surface area contributed by atoms with Gasteiger partial charge in [-0.15, -0.1) is 0 Å². The molecule has 1 aliphatic heterocycles. The number of rotatable bonds is 18. The van der Waals surface area contributed by atoms with E-state index < -0.39 is 67.5 Å². The first kappa shape index (κ1) is 31.0. The highest BCUT2D eigenvalue weighted by Gasteiger charge is 2.43. The van der Waals surface area contributed by atoms with Gasteiger partial charge in [-0.05, 0) is 32.7 Å². The van der Waals surface area contributed by atoms with Gasteiger partial charge in [-0.3, -0.25) is 33.9 Å². The SMILES string of the molecule is C[C@H](C(=O)O)N(CCN(CC(=O)O)C[C@@H]1CC[C@@H](OC(=O)O)N1C(CCCCN)C(=O)O)CC(=O)O. The van der Waals surface area contributed by atoms with Crippen LogP contribution in [0, 0.1) is 0 Å². The molecule has 0 aromatic carbocycles. The number of nitrogens with two attached hydrogens (primary N) is 1. The summed E-state index contributed by atoms with van der Waals surface area (Å²) < 4.78 is 4.93. The zero-order valence-electron chi connectivity index (χ0n) is 20.2. The van der Waals surface area contributed by atoms with E-state index in [0.29, 0.717) is 25.8 Å². The molecule has 1 heterocycles. The van der Waals surface area contributed by atoms with Crippen molar-refractivity contribution in [3.05, 3.63) is 0 Å². The van der Waals surface area contributed by atoms with Crippen LogP contribution in [-0.2, 0) is 23.9 Å². The molecule has 1 aliphatic rings. The van der Waals surface area contributed by atoms with Crippen LogP contribution in [0.25, 0.3) is 0 Å². The zero-order chi connectivity index (χ0) is 27.4. The van der Waals surface area contributed by atoms with Crippen LogP contribution in [0.15, 0.2) is 0 Å². The van der Waals surface area contributed by atoms with Gasteiger partial charge in [0.25, 0.3) is 0 Å². The van der Waals surface area contributed by atoms with Gasteiger partial charge in [-0.1, -0.05) is 6.42 Å². The molecule has 1 unspecified atom stereocenters. The summed E-state index contributed by atoms with van der Waals surface area (Å²) >= 11 is 0. The molecule has 206 valence electrons. The molecule has 0 aromatic heterocycles. The van der Waals surface area contributed by atoms with E-state index in [1.807, 2.05) is 0 Å². The molecule has 0 saturated carbocycles. The predicted octanol–water partition coefficient (Wildman–Crippen LogP) is -0.700. The Hall–Kier alpha value is -3.01. The lowest BCUT2D eigenvalue weighted by Crippen LogP contribution is -2.54. The van der Waals surface area contributed by atoms with Crippen molar-refractivity contribution in [3.8, 4) is 0 Å². The minimum absolute atomic E-state index is 0.0170. The van der Waals surface area contributed by atoms with E-state index in [0.717, 1.165) is 0 Å². The van der Waals surface area contributed by atoms with Crippen molar-refractivity contribution in [2.75, 3.05) is 39.3 Å². The van der Waals surface area contributed by atoms with Crippen LogP contribution < -0.4 is 5.73 Å². The molecule has 1 fully saturated rings. The Morgan fingerprint density at radius 2 is 1.58 bits per heavy atom. The third-order valence-electron chi connectivity index (χ3n) is 6.09. The number of ether oxygens (including phenoxy) is 1. The first-order chi connectivity index (χ1) is 16.9. The van der Waals surface area contributed by atoms with Crippen molar-refractivity contribution in [1.82, 2.24) is 14.7 Å². The normalized spacial score (nSPS) is 19.8. The van der Waals surface area contributed by atoms with E-state index in [2.05, 4.69) is 0 Å². The second-order valence-corrected chi connectivity index (χ2v) is 8.66. The number of carboxylic acid groups (broad SMARTS) is 5. The molecule has 1 saturated heterocycles. The van der Waals surface area contributed by atoms with E-state index in [4.69, 9.17) is 20.7 Å². The summed E-state index contributed by atoms with van der Waals surface area (Å²) in [6.07, 6.45) is -0.825. The van der Waals surface area contributed by atoms with Crippen molar-refractivity contribution < 1.29 is 54.2 Å². The van der Waals surface area contributed by atoms with Crippen molar-refractivity contribution in [2.24, 2.45) is 5.73 Å². The topological polar surface area (TPSA) is 231 Å². The van der Waals surface area contributed by atoms with Crippen molar-refractivity contribution in [3.63, 3.8) is 0 Å². The second-order valence-electron chi connectivity index (χ2n) is 8.66. The zero-order valence-corrected chi connectivity index (χ0v) is 20.2. The van der Waals surface area contributed by atoms with Crippen molar-refractivity contribution in [2.45, 2.75) is 63.4 Å². The Kier molecular flexibility index (Phi) is 13.1. The highest BCUT2D eigenvalue weighted by atomic mass is 16.7. The summed E-state index contributed by atoms with van der Waals surface area (Å²) in [4.78, 5) is 61.4. The van der Waals surface area contributed by atoms with E-state index in [-0.39, 0.29) is 32.5 Å². The standard InChI is InChI=1S/C21H36N4O11/c1-13(19(30)31)24(12-18(28)29)9-8-23(11-17(26)27)10-14-5-6-16(36-21(34)35)25(14)15(20(32)33)4-2-3-7-22/h13-16H,2-12,22H2,1H3,(H,26,27)(H,28,29)(H,30,31)(H,32,33)(H,34,35)/t13-,14+,15?,16-/m1/s1. The monoisotopic (exact) mass is 520 g/mol. The average Bonchev–Trinajstić information content (AvgIpc) is 3.13. The van der Waals surface area contributed by atoms with Crippen LogP contribution in [0.2, 0.25) is 0 Å². The third kappa shape index (κ3) is 10.3. The molecule has 0 bridgehead atoms. The van der Waals surface area contributed by atoms with Crippen LogP contribution in [0.3, 0.4) is 0 Å². The maximum atomic E-state index is 12.1. The van der Waals surface area contributed by atoms with Crippen LogP contribution in [0.4, 0.5) is 4.79 Å². The summed E-state index contributed by atoms with van der Waals surface area (Å²) in [6, 6.07) is -2.80. The molecule has 36 heavy (non-hydrogen) atoms. The highest BCUT2D eigenvalue weighted by molar-refractivity contribution is 5.75. The van der Waals surface area contributed by atoms with E-state index >= 15 is 0 Å². The number of carboxylic acids is 4. The van der Waals surface area contributed by atoms with Gasteiger partial charge in [0.15, 0.2) is 6.23 Å². The van der Waals surface area contributed by atoms with Gasteiger partial charge in [-0.2, -0.15) is 0 Å². The molecule has 0 spiro atoms. The first-order valence-corrected chi connectivity index (χ1v) is 11.6. The van der Waals surface area contributed by atoms with Crippen LogP contribution in [-0.4, -0.2) is 134 Å². The number of hydrogen-bond donors (Lipinski definition) is 6. The largest absolute Gasteiger partial charge is 0.507 e. The number of unbranched alkanes of at least 4 members (excludes halogenated alkanes) is 1. The summed E-state index contributed by atoms with van der Waals surface area (Å²) in [5.41, 5.74) is 5.50. The molecular weight excluding hydrogens is 484 g/mol. The Balaban J connectivity index is 3.11. The number of hydrogen-bond acceptors (Lipinski definition) is 10. The first-order valence-electron chi connectivity index (χ1n) is 11.6. The van der Waals surface area contributed by atoms with Gasteiger partial charge >= 0.3 is 30.0 Å². The number of carbonyl (C=O) groups is 5. The molecule has 0 amide bonds. The Bertz CT molecular complexity index is 781. The Morgan fingerprint density at radius 3 is 2.08 bits per heavy atom. The molecular formula is C21H36N4O11. The molecule has 0 aliphatic carbocycles. The lowest BCUT2D eigenvalue weighted by molar-refractivity contribution is -0.150. The molecule has 7 N–H and O–H groups in total. The fourth-order valence-corrected chi connectivity index (χ4v) is 4.36. The second kappa shape index (κ2) is 15.2. The summed E-state index contributed by atoms with van der Waals surface area (Å²) in [7, 11) is 0. The predicted molar refractivity (Wildman–Crippen MR) is 122 cm³/mol. The van der Waals surface area contributed by atoms with E-state index in [1.54, 1.807) is 0 Å². The molecule has 1 rings (SSSR count). The Labute approximate surface area is 208 Å². The fraction of sp³-hybridized carbons (Fsp3) is 0.762. The number of aliphatic carboxylic acids is 4. The fourth-order valence-electron chi connectivity index (χ4n) is 4.36. The summed E-state index contributed by atoms with van der Waals surface area (Å²) in [6.45, 7) is 0.569. The summed E-state index contributed by atoms with van der Waals surface area (Å²) in [5.74, 6) is -4.85. The molecule has 4 atom stereocenters. The number of likely N-dealkylation sites (tertiary alicyclic amines) is 1. The van der Waals surface area contributed by atoms with Gasteiger partial charge < -0.3 is 36.0 Å². The molecule has 0 aromatic rings. The van der Waals surface area contributed by atoms with E-state index in [1.165, 1.54) is 21.6 Å². The van der Waals surface area contributed by atoms with Gasteiger partial charge in [0.05, 0.1) is 13.1 Å². The minimum atomic E-state index is -1.56. The number of nitrogens with zero attached hydrogens (tertiary/aromatic N) is 3. The van der Waals surface area contributed by atoms with Crippen molar-refractivity contribution >= 4 is 30.0 Å². The highest BCUT2D eigenvalue weighted by Crippen LogP contribution is 2.30. The average molecular weight is 521 g/mol.